The molecule has 2 N–H and O–H groups in total. The molecule has 110 valence electrons. The van der Waals surface area contributed by atoms with Gasteiger partial charge in [0.2, 0.25) is 0 Å². The minimum Gasteiger partial charge on any atom is -0.398 e. The number of hydrogen-bond donors (Lipinski definition) is 1. The molecule has 2 heterocycles. The second-order valence-corrected chi connectivity index (χ2v) is 5.78. The fraction of sp³-hybridized carbons (Fsp3) is 0.353. The average Bonchev–Trinajstić information content (AvgIpc) is 2.51. The van der Waals surface area contributed by atoms with Crippen LogP contribution in [0.15, 0.2) is 42.6 Å². The average molecular weight is 282 g/mol. The first-order chi connectivity index (χ1) is 10.1. The van der Waals surface area contributed by atoms with Crippen LogP contribution >= 0.6 is 0 Å². The maximum atomic E-state index is 6.06. The van der Waals surface area contributed by atoms with Crippen molar-refractivity contribution >= 4 is 11.5 Å². The van der Waals surface area contributed by atoms with Crippen molar-refractivity contribution < 1.29 is 0 Å². The number of aromatic nitrogens is 1. The molecule has 1 aromatic heterocycles. The van der Waals surface area contributed by atoms with Gasteiger partial charge in [0, 0.05) is 37.6 Å². The van der Waals surface area contributed by atoms with Gasteiger partial charge < -0.3 is 15.5 Å². The molecule has 0 bridgehead atoms. The van der Waals surface area contributed by atoms with Crippen molar-refractivity contribution in [3.63, 3.8) is 0 Å². The third kappa shape index (κ3) is 2.85. The van der Waals surface area contributed by atoms with E-state index in [0.29, 0.717) is 6.04 Å². The first kappa shape index (κ1) is 13.9. The van der Waals surface area contributed by atoms with Gasteiger partial charge in [-0.1, -0.05) is 30.3 Å². The third-order valence-corrected chi connectivity index (χ3v) is 4.19. The molecule has 3 rings (SSSR count). The lowest BCUT2D eigenvalue weighted by Gasteiger charge is -2.41. The highest BCUT2D eigenvalue weighted by Crippen LogP contribution is 2.30. The fourth-order valence-corrected chi connectivity index (χ4v) is 2.84. The quantitative estimate of drug-likeness (QED) is 0.919. The van der Waals surface area contributed by atoms with Crippen LogP contribution in [-0.4, -0.2) is 36.6 Å². The van der Waals surface area contributed by atoms with Crippen LogP contribution in [0.4, 0.5) is 11.5 Å². The molecule has 1 aliphatic heterocycles. The summed E-state index contributed by atoms with van der Waals surface area (Å²) in [6.45, 7) is 4.99. The van der Waals surface area contributed by atoms with E-state index in [1.165, 1.54) is 5.56 Å². The summed E-state index contributed by atoms with van der Waals surface area (Å²) in [7, 11) is 2.17. The molecule has 0 saturated carbocycles. The zero-order valence-corrected chi connectivity index (χ0v) is 12.7. The first-order valence-corrected chi connectivity index (χ1v) is 7.37. The fourth-order valence-electron chi connectivity index (χ4n) is 2.84. The van der Waals surface area contributed by atoms with Crippen LogP contribution in [0.3, 0.4) is 0 Å². The highest BCUT2D eigenvalue weighted by molar-refractivity contribution is 5.56. The molecule has 4 heteroatoms. The van der Waals surface area contributed by atoms with Crippen LogP contribution in [0, 0.1) is 6.92 Å². The van der Waals surface area contributed by atoms with Gasteiger partial charge in [-0.25, -0.2) is 4.98 Å². The number of rotatable bonds is 2. The number of aryl methyl sites for hydroxylation is 1. The number of anilines is 2. The number of nitrogens with zero attached hydrogens (tertiary/aromatic N) is 3. The molecule has 1 aliphatic rings. The second kappa shape index (κ2) is 5.74. The molecule has 0 radical (unpaired) electrons. The number of piperazine rings is 1. The molecule has 0 aliphatic carbocycles. The highest BCUT2D eigenvalue weighted by Gasteiger charge is 2.27. The van der Waals surface area contributed by atoms with E-state index in [4.69, 9.17) is 5.73 Å². The van der Waals surface area contributed by atoms with Crippen molar-refractivity contribution in [3.05, 3.63) is 53.7 Å². The van der Waals surface area contributed by atoms with E-state index in [1.54, 1.807) is 0 Å². The van der Waals surface area contributed by atoms with Crippen LogP contribution in [-0.2, 0) is 0 Å². The van der Waals surface area contributed by atoms with Crippen molar-refractivity contribution in [2.75, 3.05) is 37.3 Å². The number of nitrogen functional groups attached to an aromatic ring is 1. The maximum Gasteiger partial charge on any atom is 0.131 e. The van der Waals surface area contributed by atoms with Crippen LogP contribution in [0.25, 0.3) is 0 Å². The number of hydrogen-bond acceptors (Lipinski definition) is 4. The topological polar surface area (TPSA) is 45.4 Å². The predicted molar refractivity (Wildman–Crippen MR) is 87.4 cm³/mol. The van der Waals surface area contributed by atoms with E-state index in [1.807, 2.05) is 19.2 Å². The maximum absolute atomic E-state index is 6.06. The molecule has 4 nitrogen and oxygen atoms in total. The molecule has 1 fully saturated rings. The van der Waals surface area contributed by atoms with Gasteiger partial charge >= 0.3 is 0 Å². The Labute approximate surface area is 126 Å². The Hall–Kier alpha value is -2.07. The molecule has 0 amide bonds. The predicted octanol–water partition coefficient (Wildman–Crippen LogP) is 2.47. The van der Waals surface area contributed by atoms with Gasteiger partial charge in [0.05, 0.1) is 6.04 Å². The van der Waals surface area contributed by atoms with Gasteiger partial charge in [0.1, 0.15) is 5.82 Å². The van der Waals surface area contributed by atoms with Gasteiger partial charge in [-0.05, 0) is 25.1 Å². The molecule has 1 aromatic carbocycles. The molecule has 2 aromatic rings. The number of benzene rings is 1. The van der Waals surface area contributed by atoms with Crippen LogP contribution in [0.5, 0.6) is 0 Å². The smallest absolute Gasteiger partial charge is 0.131 e. The Balaban J connectivity index is 1.96. The van der Waals surface area contributed by atoms with E-state index < -0.39 is 0 Å². The molecular weight excluding hydrogens is 260 g/mol. The monoisotopic (exact) mass is 282 g/mol. The summed E-state index contributed by atoms with van der Waals surface area (Å²) in [4.78, 5) is 9.32. The van der Waals surface area contributed by atoms with Crippen molar-refractivity contribution in [3.8, 4) is 0 Å². The molecule has 0 spiro atoms. The largest absolute Gasteiger partial charge is 0.398 e. The second-order valence-electron chi connectivity index (χ2n) is 5.78. The van der Waals surface area contributed by atoms with E-state index >= 15 is 0 Å². The van der Waals surface area contributed by atoms with Gasteiger partial charge in [-0.2, -0.15) is 0 Å². The van der Waals surface area contributed by atoms with Crippen LogP contribution in [0.1, 0.15) is 17.2 Å². The minimum atomic E-state index is 0.319. The zero-order valence-electron chi connectivity index (χ0n) is 12.7. The van der Waals surface area contributed by atoms with E-state index in [0.717, 1.165) is 36.7 Å². The summed E-state index contributed by atoms with van der Waals surface area (Å²) in [6.07, 6.45) is 1.87. The number of pyridine rings is 1. The molecule has 1 atom stereocenters. The summed E-state index contributed by atoms with van der Waals surface area (Å²) >= 11 is 0. The molecule has 21 heavy (non-hydrogen) atoms. The Morgan fingerprint density at radius 1 is 1.19 bits per heavy atom. The van der Waals surface area contributed by atoms with Gasteiger partial charge in [0.15, 0.2) is 0 Å². The first-order valence-electron chi connectivity index (χ1n) is 7.37. The lowest BCUT2D eigenvalue weighted by Crippen LogP contribution is -2.47. The lowest BCUT2D eigenvalue weighted by atomic mass is 10.0. The van der Waals surface area contributed by atoms with Crippen LogP contribution < -0.4 is 10.6 Å². The Morgan fingerprint density at radius 3 is 2.67 bits per heavy atom. The Kier molecular flexibility index (Phi) is 3.80. The molecular formula is C17H22N4. The Morgan fingerprint density at radius 2 is 1.95 bits per heavy atom. The van der Waals surface area contributed by atoms with Crippen molar-refractivity contribution in [1.29, 1.82) is 0 Å². The summed E-state index contributed by atoms with van der Waals surface area (Å²) in [6, 6.07) is 12.9. The summed E-state index contributed by atoms with van der Waals surface area (Å²) in [5, 5.41) is 0. The number of nitrogens with two attached hydrogens (primary N) is 1. The molecule has 1 saturated heterocycles. The lowest BCUT2D eigenvalue weighted by molar-refractivity contribution is 0.268. The SMILES string of the molecule is Cc1cnc(N2CCN(C)CC2c2ccccc2)cc1N. The van der Waals surface area contributed by atoms with Crippen molar-refractivity contribution in [2.45, 2.75) is 13.0 Å². The van der Waals surface area contributed by atoms with Gasteiger partial charge in [0.25, 0.3) is 0 Å². The zero-order chi connectivity index (χ0) is 14.8. The molecule has 1 unspecified atom stereocenters. The Bertz CT molecular complexity index is 611. The summed E-state index contributed by atoms with van der Waals surface area (Å²) in [5.41, 5.74) is 9.23. The standard InChI is InChI=1S/C17H22N4/c1-13-11-19-17(10-15(13)18)21-9-8-20(2)12-16(21)14-6-4-3-5-7-14/h3-7,10-11,16H,8-9,12H2,1-2H3,(H2,18,19). The van der Waals surface area contributed by atoms with E-state index in [-0.39, 0.29) is 0 Å². The third-order valence-electron chi connectivity index (χ3n) is 4.19. The van der Waals surface area contributed by atoms with Crippen molar-refractivity contribution in [1.82, 2.24) is 9.88 Å². The van der Waals surface area contributed by atoms with Crippen molar-refractivity contribution in [2.24, 2.45) is 0 Å². The van der Waals surface area contributed by atoms with Crippen LogP contribution in [0.2, 0.25) is 0 Å². The van der Waals surface area contributed by atoms with E-state index in [9.17, 15) is 0 Å². The minimum absolute atomic E-state index is 0.319. The van der Waals surface area contributed by atoms with Gasteiger partial charge in [-0.3, -0.25) is 0 Å². The summed E-state index contributed by atoms with van der Waals surface area (Å²) in [5.74, 6) is 0.972. The highest BCUT2D eigenvalue weighted by atomic mass is 15.3. The summed E-state index contributed by atoms with van der Waals surface area (Å²) < 4.78 is 0. The van der Waals surface area contributed by atoms with Gasteiger partial charge in [-0.15, -0.1) is 0 Å². The number of likely N-dealkylation sites (N-methyl/N-ethyl adjacent to an activating group) is 1. The normalized spacial score (nSPS) is 19.7. The van der Waals surface area contributed by atoms with E-state index in [2.05, 4.69) is 52.2 Å².